The highest BCUT2D eigenvalue weighted by Crippen LogP contribution is 2.20. The zero-order valence-corrected chi connectivity index (χ0v) is 12.2. The molecule has 0 saturated carbocycles. The Labute approximate surface area is 124 Å². The van der Waals surface area contributed by atoms with Crippen LogP contribution in [0.1, 0.15) is 28.5 Å². The lowest BCUT2D eigenvalue weighted by Gasteiger charge is -2.28. The number of benzene rings is 1. The summed E-state index contributed by atoms with van der Waals surface area (Å²) in [7, 11) is 0. The van der Waals surface area contributed by atoms with Crippen LogP contribution in [0.5, 0.6) is 0 Å². The number of anilines is 1. The van der Waals surface area contributed by atoms with Gasteiger partial charge in [0.05, 0.1) is 12.2 Å². The Morgan fingerprint density at radius 3 is 3.00 bits per heavy atom. The fourth-order valence-corrected chi connectivity index (χ4v) is 2.70. The Kier molecular flexibility index (Phi) is 3.86. The Morgan fingerprint density at radius 1 is 1.29 bits per heavy atom. The summed E-state index contributed by atoms with van der Waals surface area (Å²) < 4.78 is 0. The standard InChI is InChI=1S/C17H19N3O/c1-2-18-14-7-9-19-15(11-14)12-20-10-8-13-5-3-4-6-16(13)17(20)21/h3-7,9,11H,2,8,10,12H2,1H3,(H,18,19). The first-order valence-electron chi connectivity index (χ1n) is 7.34. The summed E-state index contributed by atoms with van der Waals surface area (Å²) in [5.41, 5.74) is 3.94. The van der Waals surface area contributed by atoms with Crippen molar-refractivity contribution in [1.29, 1.82) is 0 Å². The molecule has 1 N–H and O–H groups in total. The van der Waals surface area contributed by atoms with E-state index in [0.717, 1.165) is 42.0 Å². The predicted octanol–water partition coefficient (Wildman–Crippen LogP) is 2.71. The molecule has 4 heteroatoms. The van der Waals surface area contributed by atoms with Crippen LogP contribution in [-0.2, 0) is 13.0 Å². The Morgan fingerprint density at radius 2 is 2.14 bits per heavy atom. The highest BCUT2D eigenvalue weighted by Gasteiger charge is 2.23. The van der Waals surface area contributed by atoms with Gasteiger partial charge in [0.2, 0.25) is 0 Å². The molecule has 2 heterocycles. The molecule has 1 aliphatic rings. The van der Waals surface area contributed by atoms with Gasteiger partial charge in [-0.2, -0.15) is 0 Å². The fourth-order valence-electron chi connectivity index (χ4n) is 2.70. The molecule has 0 unspecified atom stereocenters. The van der Waals surface area contributed by atoms with Gasteiger partial charge in [0.1, 0.15) is 0 Å². The number of aromatic nitrogens is 1. The number of rotatable bonds is 4. The molecule has 1 amide bonds. The van der Waals surface area contributed by atoms with Gasteiger partial charge in [-0.3, -0.25) is 9.78 Å². The number of carbonyl (C=O) groups excluding carboxylic acids is 1. The zero-order valence-electron chi connectivity index (χ0n) is 12.2. The molecule has 0 fully saturated rings. The minimum Gasteiger partial charge on any atom is -0.385 e. The third kappa shape index (κ3) is 2.89. The first kappa shape index (κ1) is 13.6. The van der Waals surface area contributed by atoms with Crippen LogP contribution in [0.25, 0.3) is 0 Å². The lowest BCUT2D eigenvalue weighted by atomic mass is 9.99. The van der Waals surface area contributed by atoms with E-state index in [1.165, 1.54) is 0 Å². The summed E-state index contributed by atoms with van der Waals surface area (Å²) in [6, 6.07) is 11.8. The summed E-state index contributed by atoms with van der Waals surface area (Å²) in [6.45, 7) is 4.25. The number of hydrogen-bond acceptors (Lipinski definition) is 3. The van der Waals surface area contributed by atoms with Crippen molar-refractivity contribution in [1.82, 2.24) is 9.88 Å². The molecule has 1 aromatic carbocycles. The Bertz CT molecular complexity index is 654. The van der Waals surface area contributed by atoms with Crippen LogP contribution in [-0.4, -0.2) is 28.9 Å². The number of nitrogens with zero attached hydrogens (tertiary/aromatic N) is 2. The number of amides is 1. The summed E-state index contributed by atoms with van der Waals surface area (Å²) in [6.07, 6.45) is 2.70. The Balaban J connectivity index is 1.77. The number of nitrogens with one attached hydrogen (secondary N) is 1. The molecule has 3 rings (SSSR count). The van der Waals surface area contributed by atoms with Gasteiger partial charge in [0, 0.05) is 30.5 Å². The highest BCUT2D eigenvalue weighted by molar-refractivity contribution is 5.96. The van der Waals surface area contributed by atoms with E-state index in [-0.39, 0.29) is 5.91 Å². The molecular weight excluding hydrogens is 262 g/mol. The van der Waals surface area contributed by atoms with E-state index < -0.39 is 0 Å². The molecule has 0 spiro atoms. The summed E-state index contributed by atoms with van der Waals surface area (Å²) >= 11 is 0. The van der Waals surface area contributed by atoms with Gasteiger partial charge in [-0.15, -0.1) is 0 Å². The zero-order chi connectivity index (χ0) is 14.7. The van der Waals surface area contributed by atoms with E-state index in [1.807, 2.05) is 41.3 Å². The lowest BCUT2D eigenvalue weighted by Crippen LogP contribution is -2.37. The van der Waals surface area contributed by atoms with Gasteiger partial charge in [-0.25, -0.2) is 0 Å². The molecule has 4 nitrogen and oxygen atoms in total. The average Bonchev–Trinajstić information content (AvgIpc) is 2.51. The Hall–Kier alpha value is -2.36. The van der Waals surface area contributed by atoms with Gasteiger partial charge in [0.25, 0.3) is 5.91 Å². The molecule has 0 radical (unpaired) electrons. The number of carbonyl (C=O) groups is 1. The van der Waals surface area contributed by atoms with Gasteiger partial charge < -0.3 is 10.2 Å². The van der Waals surface area contributed by atoms with Crippen molar-refractivity contribution in [2.75, 3.05) is 18.4 Å². The lowest BCUT2D eigenvalue weighted by molar-refractivity contribution is 0.0725. The van der Waals surface area contributed by atoms with Crippen LogP contribution < -0.4 is 5.32 Å². The summed E-state index contributed by atoms with van der Waals surface area (Å²) in [5.74, 6) is 0.104. The quantitative estimate of drug-likeness (QED) is 0.937. The second-order valence-corrected chi connectivity index (χ2v) is 5.20. The van der Waals surface area contributed by atoms with Gasteiger partial charge in [-0.05, 0) is 37.1 Å². The fraction of sp³-hybridized carbons (Fsp3) is 0.294. The highest BCUT2D eigenvalue weighted by atomic mass is 16.2. The van der Waals surface area contributed by atoms with Crippen molar-refractivity contribution in [3.8, 4) is 0 Å². The first-order chi connectivity index (χ1) is 10.3. The van der Waals surface area contributed by atoms with Crippen molar-refractivity contribution in [2.45, 2.75) is 19.9 Å². The molecular formula is C17H19N3O. The molecule has 108 valence electrons. The van der Waals surface area contributed by atoms with Gasteiger partial charge in [-0.1, -0.05) is 18.2 Å². The van der Waals surface area contributed by atoms with Crippen molar-refractivity contribution < 1.29 is 4.79 Å². The molecule has 2 aromatic rings. The number of pyridine rings is 1. The molecule has 0 atom stereocenters. The minimum absolute atomic E-state index is 0.104. The second-order valence-electron chi connectivity index (χ2n) is 5.20. The van der Waals surface area contributed by atoms with Crippen molar-refractivity contribution in [3.63, 3.8) is 0 Å². The maximum atomic E-state index is 12.5. The first-order valence-corrected chi connectivity index (χ1v) is 7.34. The van der Waals surface area contributed by atoms with Crippen LogP contribution in [0.3, 0.4) is 0 Å². The SMILES string of the molecule is CCNc1ccnc(CN2CCc3ccccc3C2=O)c1. The third-order valence-electron chi connectivity index (χ3n) is 3.74. The summed E-state index contributed by atoms with van der Waals surface area (Å²) in [5, 5.41) is 3.27. The molecule has 0 saturated heterocycles. The smallest absolute Gasteiger partial charge is 0.254 e. The van der Waals surface area contributed by atoms with E-state index in [2.05, 4.69) is 17.2 Å². The molecule has 1 aliphatic heterocycles. The van der Waals surface area contributed by atoms with Crippen LogP contribution in [0.15, 0.2) is 42.6 Å². The van der Waals surface area contributed by atoms with Crippen molar-refractivity contribution in [2.24, 2.45) is 0 Å². The maximum Gasteiger partial charge on any atom is 0.254 e. The van der Waals surface area contributed by atoms with Gasteiger partial charge in [0.15, 0.2) is 0 Å². The third-order valence-corrected chi connectivity index (χ3v) is 3.74. The van der Waals surface area contributed by atoms with E-state index in [9.17, 15) is 4.79 Å². The van der Waals surface area contributed by atoms with E-state index >= 15 is 0 Å². The molecule has 21 heavy (non-hydrogen) atoms. The normalized spacial score (nSPS) is 14.0. The predicted molar refractivity (Wildman–Crippen MR) is 83.3 cm³/mol. The van der Waals surface area contributed by atoms with Crippen LogP contribution in [0.4, 0.5) is 5.69 Å². The van der Waals surface area contributed by atoms with Crippen molar-refractivity contribution >= 4 is 11.6 Å². The molecule has 0 bridgehead atoms. The second kappa shape index (κ2) is 5.95. The average molecular weight is 281 g/mol. The topological polar surface area (TPSA) is 45.2 Å². The van der Waals surface area contributed by atoms with Gasteiger partial charge >= 0.3 is 0 Å². The monoisotopic (exact) mass is 281 g/mol. The number of fused-ring (bicyclic) bond motifs is 1. The number of hydrogen-bond donors (Lipinski definition) is 1. The van der Waals surface area contributed by atoms with Crippen LogP contribution in [0, 0.1) is 0 Å². The van der Waals surface area contributed by atoms with Crippen LogP contribution >= 0.6 is 0 Å². The van der Waals surface area contributed by atoms with Crippen molar-refractivity contribution in [3.05, 3.63) is 59.4 Å². The largest absolute Gasteiger partial charge is 0.385 e. The summed E-state index contributed by atoms with van der Waals surface area (Å²) in [4.78, 5) is 18.8. The maximum absolute atomic E-state index is 12.5. The van der Waals surface area contributed by atoms with E-state index in [4.69, 9.17) is 0 Å². The van der Waals surface area contributed by atoms with E-state index in [0.29, 0.717) is 6.54 Å². The van der Waals surface area contributed by atoms with E-state index in [1.54, 1.807) is 6.20 Å². The molecule has 1 aromatic heterocycles. The van der Waals surface area contributed by atoms with Crippen LogP contribution in [0.2, 0.25) is 0 Å². The molecule has 0 aliphatic carbocycles. The minimum atomic E-state index is 0.104.